The fourth-order valence-electron chi connectivity index (χ4n) is 3.02. The van der Waals surface area contributed by atoms with Gasteiger partial charge >= 0.3 is 0 Å². The molecule has 1 unspecified atom stereocenters. The first-order valence-electron chi connectivity index (χ1n) is 7.89. The Balaban J connectivity index is 1.90. The van der Waals surface area contributed by atoms with Crippen LogP contribution in [0.4, 0.5) is 0 Å². The molecule has 3 rings (SSSR count). The monoisotopic (exact) mass is 358 g/mol. The van der Waals surface area contributed by atoms with Crippen molar-refractivity contribution in [2.75, 3.05) is 13.2 Å². The molecule has 2 aromatic rings. The van der Waals surface area contributed by atoms with Gasteiger partial charge in [0.25, 0.3) is 0 Å². The van der Waals surface area contributed by atoms with Crippen molar-refractivity contribution in [2.24, 2.45) is 5.92 Å². The van der Waals surface area contributed by atoms with Crippen LogP contribution in [0.15, 0.2) is 6.07 Å². The van der Waals surface area contributed by atoms with Gasteiger partial charge in [0.15, 0.2) is 5.75 Å². The van der Waals surface area contributed by atoms with Crippen LogP contribution in [0.3, 0.4) is 0 Å². The number of aliphatic hydroxyl groups excluding tert-OH is 2. The maximum Gasteiger partial charge on any atom is 0.167 e. The van der Waals surface area contributed by atoms with Gasteiger partial charge in [-0.15, -0.1) is 0 Å². The topological polar surface area (TPSA) is 78.4 Å². The summed E-state index contributed by atoms with van der Waals surface area (Å²) in [6.45, 7) is 0.166. The molecule has 1 aromatic carbocycles. The number of nitrogens with one attached hydrogen (secondary N) is 1. The van der Waals surface area contributed by atoms with Crippen LogP contribution in [-0.2, 0) is 0 Å². The maximum atomic E-state index is 9.74. The summed E-state index contributed by atoms with van der Waals surface area (Å²) in [4.78, 5) is 7.26. The fraction of sp³-hybridized carbons (Fsp3) is 0.562. The molecule has 0 aliphatic heterocycles. The third kappa shape index (κ3) is 3.58. The van der Waals surface area contributed by atoms with Gasteiger partial charge in [-0.25, -0.2) is 4.98 Å². The van der Waals surface area contributed by atoms with E-state index in [1.807, 2.05) is 0 Å². The zero-order chi connectivity index (χ0) is 16.4. The molecule has 1 aliphatic carbocycles. The molecule has 1 heterocycles. The second-order valence-electron chi connectivity index (χ2n) is 6.03. The quantitative estimate of drug-likeness (QED) is 0.758. The molecule has 1 aliphatic rings. The number of benzene rings is 1. The number of hydrogen-bond acceptors (Lipinski definition) is 4. The number of ether oxygens (including phenoxy) is 1. The molecule has 0 saturated heterocycles. The standard InChI is InChI=1S/C16H20Cl2N2O3/c17-10-6-11-14(20-16(19-11)12(22)7-21)15(13(10)18)23-8-9-4-2-1-3-5-9/h6,9,12,21-22H,1-5,7-8H2,(H,19,20). The highest BCUT2D eigenvalue weighted by molar-refractivity contribution is 6.44. The van der Waals surface area contributed by atoms with Crippen LogP contribution in [0.25, 0.3) is 11.0 Å². The van der Waals surface area contributed by atoms with Crippen molar-refractivity contribution in [1.29, 1.82) is 0 Å². The smallest absolute Gasteiger partial charge is 0.167 e. The summed E-state index contributed by atoms with van der Waals surface area (Å²) in [7, 11) is 0. The van der Waals surface area contributed by atoms with E-state index in [0.29, 0.717) is 39.4 Å². The highest BCUT2D eigenvalue weighted by Crippen LogP contribution is 2.39. The van der Waals surface area contributed by atoms with Gasteiger partial charge in [0.2, 0.25) is 0 Å². The normalized spacial score (nSPS) is 17.6. The number of nitrogens with zero attached hydrogens (tertiary/aromatic N) is 1. The van der Waals surface area contributed by atoms with Crippen LogP contribution in [-0.4, -0.2) is 33.4 Å². The Morgan fingerprint density at radius 1 is 1.30 bits per heavy atom. The first kappa shape index (κ1) is 16.8. The van der Waals surface area contributed by atoms with E-state index in [1.54, 1.807) is 6.07 Å². The van der Waals surface area contributed by atoms with Gasteiger partial charge in [-0.2, -0.15) is 0 Å². The summed E-state index contributed by atoms with van der Waals surface area (Å²) in [5.74, 6) is 1.23. The van der Waals surface area contributed by atoms with E-state index in [4.69, 9.17) is 33.0 Å². The zero-order valence-corrected chi connectivity index (χ0v) is 14.2. The molecule has 5 nitrogen and oxygen atoms in total. The number of H-pyrrole nitrogens is 1. The Morgan fingerprint density at radius 3 is 2.74 bits per heavy atom. The van der Waals surface area contributed by atoms with Crippen molar-refractivity contribution in [3.8, 4) is 5.75 Å². The van der Waals surface area contributed by atoms with E-state index >= 15 is 0 Å². The molecule has 1 atom stereocenters. The number of hydrogen-bond donors (Lipinski definition) is 3. The van der Waals surface area contributed by atoms with E-state index in [1.165, 1.54) is 19.3 Å². The van der Waals surface area contributed by atoms with Gasteiger partial charge in [0, 0.05) is 0 Å². The number of fused-ring (bicyclic) bond motifs is 1. The van der Waals surface area contributed by atoms with Crippen molar-refractivity contribution in [3.63, 3.8) is 0 Å². The molecule has 0 bridgehead atoms. The van der Waals surface area contributed by atoms with Gasteiger partial charge in [-0.1, -0.05) is 42.5 Å². The Labute approximate surface area is 144 Å². The summed E-state index contributed by atoms with van der Waals surface area (Å²) >= 11 is 12.5. The highest BCUT2D eigenvalue weighted by atomic mass is 35.5. The van der Waals surface area contributed by atoms with E-state index in [0.717, 1.165) is 12.8 Å². The molecular formula is C16H20Cl2N2O3. The lowest BCUT2D eigenvalue weighted by Gasteiger charge is -2.22. The molecule has 1 saturated carbocycles. The van der Waals surface area contributed by atoms with Crippen LogP contribution in [0.1, 0.15) is 44.0 Å². The van der Waals surface area contributed by atoms with Crippen LogP contribution in [0, 0.1) is 5.92 Å². The zero-order valence-electron chi connectivity index (χ0n) is 12.7. The van der Waals surface area contributed by atoms with Gasteiger partial charge in [0.05, 0.1) is 23.8 Å². The van der Waals surface area contributed by atoms with Gasteiger partial charge < -0.3 is 19.9 Å². The van der Waals surface area contributed by atoms with Crippen molar-refractivity contribution >= 4 is 34.2 Å². The van der Waals surface area contributed by atoms with E-state index in [-0.39, 0.29) is 5.82 Å². The first-order valence-corrected chi connectivity index (χ1v) is 8.65. The average Bonchev–Trinajstić information content (AvgIpc) is 2.99. The molecule has 0 amide bonds. The Kier molecular flexibility index (Phi) is 5.31. The summed E-state index contributed by atoms with van der Waals surface area (Å²) in [5.41, 5.74) is 1.15. The molecule has 3 N–H and O–H groups in total. The molecule has 1 fully saturated rings. The lowest BCUT2D eigenvalue weighted by atomic mass is 9.90. The molecular weight excluding hydrogens is 339 g/mol. The third-order valence-electron chi connectivity index (χ3n) is 4.32. The fourth-order valence-corrected chi connectivity index (χ4v) is 3.41. The summed E-state index contributed by atoms with van der Waals surface area (Å²) in [5, 5.41) is 19.5. The van der Waals surface area contributed by atoms with E-state index in [9.17, 15) is 5.11 Å². The average molecular weight is 359 g/mol. The van der Waals surface area contributed by atoms with Crippen LogP contribution < -0.4 is 4.74 Å². The number of aromatic nitrogens is 2. The Bertz CT molecular complexity index is 684. The number of aromatic amines is 1. The van der Waals surface area contributed by atoms with Gasteiger partial charge in [-0.3, -0.25) is 0 Å². The molecule has 7 heteroatoms. The minimum absolute atomic E-state index is 0.267. The highest BCUT2D eigenvalue weighted by Gasteiger charge is 2.21. The number of rotatable bonds is 5. The summed E-state index contributed by atoms with van der Waals surface area (Å²) < 4.78 is 5.95. The third-order valence-corrected chi connectivity index (χ3v) is 5.09. The predicted molar refractivity (Wildman–Crippen MR) is 90.2 cm³/mol. The molecule has 1 aromatic heterocycles. The molecule has 0 radical (unpaired) electrons. The van der Waals surface area contributed by atoms with Gasteiger partial charge in [-0.05, 0) is 24.8 Å². The van der Waals surface area contributed by atoms with Crippen molar-refractivity contribution in [2.45, 2.75) is 38.2 Å². The number of imidazole rings is 1. The minimum Gasteiger partial charge on any atom is -0.489 e. The number of aliphatic hydroxyl groups is 2. The van der Waals surface area contributed by atoms with E-state index in [2.05, 4.69) is 9.97 Å². The number of halogens is 2. The molecule has 126 valence electrons. The largest absolute Gasteiger partial charge is 0.489 e. The minimum atomic E-state index is -1.08. The second kappa shape index (κ2) is 7.26. The second-order valence-corrected chi connectivity index (χ2v) is 6.82. The lowest BCUT2D eigenvalue weighted by molar-refractivity contribution is 0.0895. The maximum absolute atomic E-state index is 9.74. The van der Waals surface area contributed by atoms with Crippen molar-refractivity contribution in [3.05, 3.63) is 21.9 Å². The molecule has 0 spiro atoms. The summed E-state index contributed by atoms with van der Waals surface area (Å²) in [6, 6.07) is 1.65. The first-order chi connectivity index (χ1) is 11.1. The van der Waals surface area contributed by atoms with Gasteiger partial charge in [0.1, 0.15) is 22.5 Å². The van der Waals surface area contributed by atoms with Crippen LogP contribution in [0.5, 0.6) is 5.75 Å². The Hall–Kier alpha value is -1.01. The SMILES string of the molecule is OCC(O)c1nc2c(OCC3CCCCC3)c(Cl)c(Cl)cc2[nH]1. The van der Waals surface area contributed by atoms with Crippen molar-refractivity contribution < 1.29 is 14.9 Å². The van der Waals surface area contributed by atoms with Crippen molar-refractivity contribution in [1.82, 2.24) is 9.97 Å². The lowest BCUT2D eigenvalue weighted by Crippen LogP contribution is -2.15. The summed E-state index contributed by atoms with van der Waals surface area (Å²) in [6.07, 6.45) is 5.02. The predicted octanol–water partition coefficient (Wildman–Crippen LogP) is 3.85. The van der Waals surface area contributed by atoms with Crippen LogP contribution >= 0.6 is 23.2 Å². The van der Waals surface area contributed by atoms with E-state index < -0.39 is 12.7 Å². The Morgan fingerprint density at radius 2 is 2.04 bits per heavy atom. The molecule has 23 heavy (non-hydrogen) atoms. The van der Waals surface area contributed by atoms with Crippen LogP contribution in [0.2, 0.25) is 10.0 Å².